The average molecular weight is 527 g/mol. The molecule has 9 heteroatoms. The summed E-state index contributed by atoms with van der Waals surface area (Å²) in [6, 6.07) is 19.1. The molecule has 0 aliphatic carbocycles. The van der Waals surface area contributed by atoms with Gasteiger partial charge in [-0.25, -0.2) is 0 Å². The third kappa shape index (κ3) is 4.45. The number of nitrogen functional groups attached to an aromatic ring is 1. The zero-order chi connectivity index (χ0) is 27.0. The van der Waals surface area contributed by atoms with Crippen LogP contribution in [-0.4, -0.2) is 76.7 Å². The molecular formula is C30H34N6O3. The second-order valence-corrected chi connectivity index (χ2v) is 11.3. The number of carbonyl (C=O) groups excluding carboxylic acids is 2. The van der Waals surface area contributed by atoms with E-state index in [1.54, 1.807) is 18.2 Å². The fraction of sp³-hybridized carbons (Fsp3) is 0.400. The van der Waals surface area contributed by atoms with E-state index in [0.29, 0.717) is 43.0 Å². The van der Waals surface area contributed by atoms with E-state index in [0.717, 1.165) is 56.7 Å². The maximum Gasteiger partial charge on any atom is 0.233 e. The van der Waals surface area contributed by atoms with Crippen LogP contribution in [0.5, 0.6) is 5.75 Å². The molecule has 0 unspecified atom stereocenters. The Morgan fingerprint density at radius 1 is 0.897 bits per heavy atom. The molecule has 3 fully saturated rings. The molecule has 0 radical (unpaired) electrons. The highest BCUT2D eigenvalue weighted by atomic mass is 16.3. The average Bonchev–Trinajstić information content (AvgIpc) is 2.97. The van der Waals surface area contributed by atoms with Crippen LogP contribution in [0.2, 0.25) is 0 Å². The van der Waals surface area contributed by atoms with E-state index >= 15 is 0 Å². The summed E-state index contributed by atoms with van der Waals surface area (Å²) in [5.74, 6) is 0.672. The molecule has 1 aromatic heterocycles. The third-order valence-electron chi connectivity index (χ3n) is 9.02. The van der Waals surface area contributed by atoms with Gasteiger partial charge in [0.25, 0.3) is 0 Å². The van der Waals surface area contributed by atoms with Crippen LogP contribution in [0.25, 0.3) is 11.3 Å². The van der Waals surface area contributed by atoms with Crippen LogP contribution >= 0.6 is 0 Å². The van der Waals surface area contributed by atoms with Crippen molar-refractivity contribution < 1.29 is 14.7 Å². The topological polar surface area (TPSA) is 116 Å². The lowest BCUT2D eigenvalue weighted by atomic mass is 9.67. The summed E-state index contributed by atoms with van der Waals surface area (Å²) in [4.78, 5) is 31.4. The van der Waals surface area contributed by atoms with Gasteiger partial charge in [0.1, 0.15) is 5.75 Å². The zero-order valence-electron chi connectivity index (χ0n) is 22.0. The van der Waals surface area contributed by atoms with Gasteiger partial charge in [-0.05, 0) is 49.4 Å². The van der Waals surface area contributed by atoms with Crippen LogP contribution < -0.4 is 10.6 Å². The van der Waals surface area contributed by atoms with E-state index in [1.165, 1.54) is 0 Å². The Balaban J connectivity index is 1.22. The minimum absolute atomic E-state index is 0.138. The Labute approximate surface area is 228 Å². The van der Waals surface area contributed by atoms with Gasteiger partial charge in [0.15, 0.2) is 5.82 Å². The maximum atomic E-state index is 14.2. The molecule has 1 spiro atoms. The molecule has 0 bridgehead atoms. The highest BCUT2D eigenvalue weighted by Gasteiger charge is 2.52. The van der Waals surface area contributed by atoms with Gasteiger partial charge in [-0.2, -0.15) is 0 Å². The first-order chi connectivity index (χ1) is 18.9. The molecule has 9 nitrogen and oxygen atoms in total. The maximum absolute atomic E-state index is 14.2. The van der Waals surface area contributed by atoms with Gasteiger partial charge in [-0.1, -0.05) is 42.5 Å². The lowest BCUT2D eigenvalue weighted by molar-refractivity contribution is -0.155. The predicted octanol–water partition coefficient (Wildman–Crippen LogP) is 3.05. The second-order valence-electron chi connectivity index (χ2n) is 11.3. The summed E-state index contributed by atoms with van der Waals surface area (Å²) < 4.78 is 0. The number of anilines is 2. The number of para-hydroxylation sites is 1. The van der Waals surface area contributed by atoms with Crippen molar-refractivity contribution in [1.29, 1.82) is 0 Å². The molecular weight excluding hydrogens is 492 g/mol. The van der Waals surface area contributed by atoms with Crippen molar-refractivity contribution in [2.75, 3.05) is 49.9 Å². The fourth-order valence-electron chi connectivity index (χ4n) is 6.61. The molecule has 4 heterocycles. The van der Waals surface area contributed by atoms with Crippen molar-refractivity contribution in [2.45, 2.75) is 31.1 Å². The molecule has 202 valence electrons. The third-order valence-corrected chi connectivity index (χ3v) is 9.02. The van der Waals surface area contributed by atoms with Crippen molar-refractivity contribution in [3.05, 3.63) is 66.2 Å². The highest BCUT2D eigenvalue weighted by Crippen LogP contribution is 2.46. The molecule has 3 aromatic rings. The van der Waals surface area contributed by atoms with Gasteiger partial charge in [-0.3, -0.25) is 9.59 Å². The highest BCUT2D eigenvalue weighted by molar-refractivity contribution is 5.89. The number of aromatic nitrogens is 2. The largest absolute Gasteiger partial charge is 0.507 e. The number of rotatable bonds is 5. The number of benzene rings is 2. The Morgan fingerprint density at radius 3 is 2.23 bits per heavy atom. The lowest BCUT2D eigenvalue weighted by Gasteiger charge is -2.56. The number of hydrogen-bond acceptors (Lipinski definition) is 7. The van der Waals surface area contributed by atoms with Crippen molar-refractivity contribution in [1.82, 2.24) is 20.0 Å². The molecule has 3 saturated heterocycles. The van der Waals surface area contributed by atoms with E-state index in [-0.39, 0.29) is 17.1 Å². The molecule has 3 aliphatic heterocycles. The number of likely N-dealkylation sites (tertiary alicyclic amines) is 2. The van der Waals surface area contributed by atoms with E-state index in [4.69, 9.17) is 5.73 Å². The van der Waals surface area contributed by atoms with Crippen LogP contribution in [0, 0.1) is 5.41 Å². The first-order valence-corrected chi connectivity index (χ1v) is 13.6. The molecule has 2 amide bonds. The van der Waals surface area contributed by atoms with Crippen molar-refractivity contribution >= 4 is 23.8 Å². The standard InChI is InChI=1S/C30H34N6O3/c31-27-25(18-24(32-33-27)23-8-4-5-9-26(23)38)35-16-12-30(13-17-35,22-6-2-1-3-7-22)28(39)36-19-29(20-36)10-14-34(21-37)15-11-29/h1-9,18,21,38H,10-17,19-20H2,(H2,31,33). The Bertz CT molecular complexity index is 1360. The number of phenols is 1. The lowest BCUT2D eigenvalue weighted by Crippen LogP contribution is -2.65. The van der Waals surface area contributed by atoms with Crippen molar-refractivity contribution in [3.8, 4) is 17.0 Å². The number of amides is 2. The molecule has 6 rings (SSSR count). The number of nitrogens with two attached hydrogens (primary N) is 1. The molecule has 3 aliphatic rings. The second kappa shape index (κ2) is 9.87. The van der Waals surface area contributed by atoms with Crippen molar-refractivity contribution in [2.24, 2.45) is 5.41 Å². The summed E-state index contributed by atoms with van der Waals surface area (Å²) in [5, 5.41) is 18.7. The molecule has 2 aromatic carbocycles. The van der Waals surface area contributed by atoms with Crippen LogP contribution in [-0.2, 0) is 15.0 Å². The summed E-state index contributed by atoms with van der Waals surface area (Å²) >= 11 is 0. The van der Waals surface area contributed by atoms with Gasteiger partial charge in [0.2, 0.25) is 12.3 Å². The van der Waals surface area contributed by atoms with Crippen molar-refractivity contribution in [3.63, 3.8) is 0 Å². The number of nitrogens with zero attached hydrogens (tertiary/aromatic N) is 5. The minimum atomic E-state index is -0.599. The predicted molar refractivity (Wildman–Crippen MR) is 149 cm³/mol. The van der Waals surface area contributed by atoms with Gasteiger partial charge in [0, 0.05) is 50.2 Å². The van der Waals surface area contributed by atoms with Crippen LogP contribution in [0.15, 0.2) is 60.7 Å². The summed E-state index contributed by atoms with van der Waals surface area (Å²) in [6.07, 6.45) is 4.16. The quantitative estimate of drug-likeness (QED) is 0.491. The number of phenolic OH excluding ortho intramolecular Hbond substituents is 1. The van der Waals surface area contributed by atoms with E-state index < -0.39 is 5.41 Å². The molecule has 39 heavy (non-hydrogen) atoms. The summed E-state index contributed by atoms with van der Waals surface area (Å²) in [5.41, 5.74) is 8.80. The zero-order valence-corrected chi connectivity index (χ0v) is 22.0. The van der Waals surface area contributed by atoms with Gasteiger partial charge >= 0.3 is 0 Å². The SMILES string of the molecule is Nc1nnc(-c2ccccc2O)cc1N1CCC(C(=O)N2CC3(CCN(C=O)CC3)C2)(c2ccccc2)CC1. The van der Waals surface area contributed by atoms with Crippen LogP contribution in [0.1, 0.15) is 31.2 Å². The van der Waals surface area contributed by atoms with Crippen LogP contribution in [0.4, 0.5) is 11.5 Å². The Morgan fingerprint density at radius 2 is 1.56 bits per heavy atom. The molecule has 0 saturated carbocycles. The van der Waals surface area contributed by atoms with E-state index in [2.05, 4.69) is 27.2 Å². The fourth-order valence-corrected chi connectivity index (χ4v) is 6.61. The summed E-state index contributed by atoms with van der Waals surface area (Å²) in [7, 11) is 0. The monoisotopic (exact) mass is 526 g/mol. The summed E-state index contributed by atoms with van der Waals surface area (Å²) in [6.45, 7) is 4.36. The molecule has 3 N–H and O–H groups in total. The van der Waals surface area contributed by atoms with Gasteiger partial charge < -0.3 is 25.5 Å². The van der Waals surface area contributed by atoms with Crippen LogP contribution in [0.3, 0.4) is 0 Å². The first kappa shape index (κ1) is 25.2. The van der Waals surface area contributed by atoms with Gasteiger partial charge in [-0.15, -0.1) is 10.2 Å². The normalized spacial score (nSPS) is 19.9. The number of hydrogen-bond donors (Lipinski definition) is 2. The smallest absolute Gasteiger partial charge is 0.233 e. The number of aromatic hydroxyl groups is 1. The van der Waals surface area contributed by atoms with Gasteiger partial charge in [0.05, 0.1) is 16.8 Å². The Hall–Kier alpha value is -4.14. The first-order valence-electron chi connectivity index (χ1n) is 13.6. The molecule has 0 atom stereocenters. The minimum Gasteiger partial charge on any atom is -0.507 e. The van der Waals surface area contributed by atoms with E-state index in [9.17, 15) is 14.7 Å². The Kier molecular flexibility index (Phi) is 6.37. The number of carbonyl (C=O) groups is 2. The number of piperidine rings is 2. The van der Waals surface area contributed by atoms with E-state index in [1.807, 2.05) is 40.1 Å².